The Labute approximate surface area is 181 Å². The molecule has 0 unspecified atom stereocenters. The SMILES string of the molecule is Cc1ccc(N(c2cccc(C)c2)c2ccc3c(c2)C(C)(C)C/C=C\C=C/C3)cc1. The van der Waals surface area contributed by atoms with Crippen LogP contribution < -0.4 is 4.90 Å². The lowest BCUT2D eigenvalue weighted by Gasteiger charge is -2.31. The van der Waals surface area contributed by atoms with E-state index in [0.717, 1.165) is 12.8 Å². The Morgan fingerprint density at radius 2 is 1.40 bits per heavy atom. The van der Waals surface area contributed by atoms with Crippen molar-refractivity contribution in [1.82, 2.24) is 0 Å². The third-order valence-electron chi connectivity index (χ3n) is 5.98. The predicted molar refractivity (Wildman–Crippen MR) is 130 cm³/mol. The predicted octanol–water partition coefficient (Wildman–Crippen LogP) is 8.11. The Hall–Kier alpha value is -3.06. The lowest BCUT2D eigenvalue weighted by Crippen LogP contribution is -2.19. The van der Waals surface area contributed by atoms with E-state index in [4.69, 9.17) is 0 Å². The molecule has 3 aromatic carbocycles. The van der Waals surface area contributed by atoms with Crippen LogP contribution in [0.15, 0.2) is 91.0 Å². The summed E-state index contributed by atoms with van der Waals surface area (Å²) in [5, 5.41) is 0. The van der Waals surface area contributed by atoms with Gasteiger partial charge in [0, 0.05) is 17.1 Å². The van der Waals surface area contributed by atoms with Gasteiger partial charge in [-0.1, -0.05) is 74.0 Å². The fraction of sp³-hybridized carbons (Fsp3) is 0.241. The normalized spacial score (nSPS) is 17.2. The maximum atomic E-state index is 2.41. The monoisotopic (exact) mass is 393 g/mol. The Kier molecular flexibility index (Phi) is 5.63. The summed E-state index contributed by atoms with van der Waals surface area (Å²) in [5.41, 5.74) is 9.06. The summed E-state index contributed by atoms with van der Waals surface area (Å²) in [6.45, 7) is 9.00. The molecule has 30 heavy (non-hydrogen) atoms. The number of nitrogens with zero attached hydrogens (tertiary/aromatic N) is 1. The smallest absolute Gasteiger partial charge is 0.0464 e. The van der Waals surface area contributed by atoms with E-state index < -0.39 is 0 Å². The second kappa shape index (κ2) is 8.36. The van der Waals surface area contributed by atoms with Crippen molar-refractivity contribution in [3.8, 4) is 0 Å². The van der Waals surface area contributed by atoms with Gasteiger partial charge < -0.3 is 4.90 Å². The first-order valence-corrected chi connectivity index (χ1v) is 10.8. The molecular weight excluding hydrogens is 362 g/mol. The molecule has 0 saturated heterocycles. The van der Waals surface area contributed by atoms with Crippen LogP contribution >= 0.6 is 0 Å². The zero-order valence-electron chi connectivity index (χ0n) is 18.5. The number of hydrogen-bond acceptors (Lipinski definition) is 1. The number of allylic oxidation sites excluding steroid dienone is 4. The zero-order chi connectivity index (χ0) is 21.1. The quantitative estimate of drug-likeness (QED) is 0.434. The molecule has 1 heteroatoms. The molecule has 4 rings (SSSR count). The maximum absolute atomic E-state index is 2.41. The van der Waals surface area contributed by atoms with Gasteiger partial charge in [-0.2, -0.15) is 0 Å². The van der Waals surface area contributed by atoms with Crippen LogP contribution in [0.3, 0.4) is 0 Å². The second-order valence-electron chi connectivity index (χ2n) is 9.00. The molecule has 0 fully saturated rings. The van der Waals surface area contributed by atoms with Crippen LogP contribution in [0.4, 0.5) is 17.1 Å². The summed E-state index contributed by atoms with van der Waals surface area (Å²) >= 11 is 0. The van der Waals surface area contributed by atoms with Crippen LogP contribution in [-0.4, -0.2) is 0 Å². The minimum atomic E-state index is 0.0828. The molecule has 0 spiro atoms. The van der Waals surface area contributed by atoms with Crippen LogP contribution in [-0.2, 0) is 11.8 Å². The van der Waals surface area contributed by atoms with Crippen LogP contribution in [0.25, 0.3) is 0 Å². The Morgan fingerprint density at radius 1 is 0.700 bits per heavy atom. The molecule has 0 heterocycles. The number of benzene rings is 3. The largest absolute Gasteiger partial charge is 0.310 e. The summed E-state index contributed by atoms with van der Waals surface area (Å²) in [6, 6.07) is 24.6. The summed E-state index contributed by atoms with van der Waals surface area (Å²) in [6.07, 6.45) is 10.9. The van der Waals surface area contributed by atoms with Gasteiger partial charge in [0.2, 0.25) is 0 Å². The number of aryl methyl sites for hydroxylation is 2. The van der Waals surface area contributed by atoms with E-state index in [1.165, 1.54) is 39.3 Å². The van der Waals surface area contributed by atoms with Gasteiger partial charge in [0.05, 0.1) is 0 Å². The standard InChI is InChI=1S/C29H31N/c1-22-13-16-25(17-14-22)30(26-12-9-10-23(2)20-26)27-18-15-24-11-7-5-6-8-19-29(3,4)28(24)21-27/h5-10,12-18,20-21H,11,19H2,1-4H3/b7-5-,8-6-. The molecule has 1 nitrogen and oxygen atoms in total. The molecular formula is C29H31N. The van der Waals surface area contributed by atoms with Crippen molar-refractivity contribution >= 4 is 17.1 Å². The van der Waals surface area contributed by atoms with Crippen LogP contribution in [0.5, 0.6) is 0 Å². The van der Waals surface area contributed by atoms with Crippen molar-refractivity contribution in [3.05, 3.63) is 113 Å². The van der Waals surface area contributed by atoms with Gasteiger partial charge in [0.15, 0.2) is 0 Å². The second-order valence-corrected chi connectivity index (χ2v) is 9.00. The van der Waals surface area contributed by atoms with Gasteiger partial charge in [-0.15, -0.1) is 0 Å². The van der Waals surface area contributed by atoms with Crippen molar-refractivity contribution in [2.24, 2.45) is 0 Å². The molecule has 0 aromatic heterocycles. The van der Waals surface area contributed by atoms with E-state index in [0.29, 0.717) is 0 Å². The first-order valence-electron chi connectivity index (χ1n) is 10.8. The topological polar surface area (TPSA) is 3.24 Å². The molecule has 0 atom stereocenters. The third kappa shape index (κ3) is 4.26. The summed E-state index contributed by atoms with van der Waals surface area (Å²) < 4.78 is 0. The molecule has 1 aliphatic carbocycles. The Bertz CT molecular complexity index is 1080. The molecule has 0 saturated carbocycles. The lowest BCUT2D eigenvalue weighted by molar-refractivity contribution is 0.530. The van der Waals surface area contributed by atoms with Gasteiger partial charge >= 0.3 is 0 Å². The molecule has 3 aromatic rings. The van der Waals surface area contributed by atoms with Gasteiger partial charge in [-0.25, -0.2) is 0 Å². The molecule has 0 amide bonds. The van der Waals surface area contributed by atoms with Crippen LogP contribution in [0.2, 0.25) is 0 Å². The molecule has 1 aliphatic rings. The first kappa shape index (κ1) is 20.2. The molecule has 0 N–H and O–H groups in total. The highest BCUT2D eigenvalue weighted by molar-refractivity contribution is 5.77. The summed E-state index contributed by atoms with van der Waals surface area (Å²) in [7, 11) is 0. The first-order chi connectivity index (χ1) is 14.4. The van der Waals surface area contributed by atoms with Crippen molar-refractivity contribution in [3.63, 3.8) is 0 Å². The minimum absolute atomic E-state index is 0.0828. The van der Waals surface area contributed by atoms with E-state index in [-0.39, 0.29) is 5.41 Å². The molecule has 0 aliphatic heterocycles. The molecule has 152 valence electrons. The maximum Gasteiger partial charge on any atom is 0.0464 e. The average molecular weight is 394 g/mol. The van der Waals surface area contributed by atoms with Gasteiger partial charge in [-0.3, -0.25) is 0 Å². The Morgan fingerprint density at radius 3 is 2.17 bits per heavy atom. The number of anilines is 3. The fourth-order valence-corrected chi connectivity index (χ4v) is 4.24. The van der Waals surface area contributed by atoms with E-state index in [9.17, 15) is 0 Å². The fourth-order valence-electron chi connectivity index (χ4n) is 4.24. The van der Waals surface area contributed by atoms with Crippen LogP contribution in [0, 0.1) is 13.8 Å². The summed E-state index contributed by atoms with van der Waals surface area (Å²) in [5.74, 6) is 0. The number of fused-ring (bicyclic) bond motifs is 1. The highest BCUT2D eigenvalue weighted by atomic mass is 15.1. The van der Waals surface area contributed by atoms with E-state index in [1.807, 2.05) is 0 Å². The van der Waals surface area contributed by atoms with Crippen molar-refractivity contribution < 1.29 is 0 Å². The highest BCUT2D eigenvalue weighted by Crippen LogP contribution is 2.39. The molecule has 0 radical (unpaired) electrons. The van der Waals surface area contributed by atoms with Gasteiger partial charge in [-0.05, 0) is 85.2 Å². The van der Waals surface area contributed by atoms with Gasteiger partial charge in [0.1, 0.15) is 0 Å². The zero-order valence-corrected chi connectivity index (χ0v) is 18.5. The van der Waals surface area contributed by atoms with Crippen molar-refractivity contribution in [2.75, 3.05) is 4.90 Å². The summed E-state index contributed by atoms with van der Waals surface area (Å²) in [4.78, 5) is 2.38. The minimum Gasteiger partial charge on any atom is -0.310 e. The van der Waals surface area contributed by atoms with E-state index in [1.54, 1.807) is 0 Å². The molecule has 0 bridgehead atoms. The lowest BCUT2D eigenvalue weighted by atomic mass is 9.78. The third-order valence-corrected chi connectivity index (χ3v) is 5.98. The average Bonchev–Trinajstić information content (AvgIpc) is 2.79. The van der Waals surface area contributed by atoms with E-state index in [2.05, 4.69) is 124 Å². The van der Waals surface area contributed by atoms with E-state index >= 15 is 0 Å². The van der Waals surface area contributed by atoms with Gasteiger partial charge in [0.25, 0.3) is 0 Å². The van der Waals surface area contributed by atoms with Crippen LogP contribution in [0.1, 0.15) is 42.5 Å². The Balaban J connectivity index is 1.88. The number of rotatable bonds is 3. The number of hydrogen-bond donors (Lipinski definition) is 0. The van der Waals surface area contributed by atoms with Crippen molar-refractivity contribution in [2.45, 2.75) is 46.0 Å². The van der Waals surface area contributed by atoms with Crippen molar-refractivity contribution in [1.29, 1.82) is 0 Å². The highest BCUT2D eigenvalue weighted by Gasteiger charge is 2.24.